The highest BCUT2D eigenvalue weighted by molar-refractivity contribution is 7.99. The van der Waals surface area contributed by atoms with Gasteiger partial charge in [-0.2, -0.15) is 0 Å². The molecule has 1 aromatic carbocycles. The number of thioether (sulfide) groups is 1. The number of benzene rings is 1. The number of halogens is 2. The highest BCUT2D eigenvalue weighted by atomic mass is 35.5. The van der Waals surface area contributed by atoms with Crippen LogP contribution in [0.5, 0.6) is 0 Å². The SMILES string of the molecule is CCCCn1c(SCC(=O)O)nc2cc(Cl)c(F)cc21. The molecule has 0 aliphatic carbocycles. The van der Waals surface area contributed by atoms with Gasteiger partial charge in [-0.3, -0.25) is 4.79 Å². The summed E-state index contributed by atoms with van der Waals surface area (Å²) < 4.78 is 15.5. The number of imidazole rings is 1. The van der Waals surface area contributed by atoms with Crippen molar-refractivity contribution in [2.24, 2.45) is 0 Å². The molecule has 0 saturated carbocycles. The van der Waals surface area contributed by atoms with E-state index in [1.54, 1.807) is 0 Å². The monoisotopic (exact) mass is 316 g/mol. The van der Waals surface area contributed by atoms with Crippen molar-refractivity contribution >= 4 is 40.4 Å². The molecule has 0 spiro atoms. The summed E-state index contributed by atoms with van der Waals surface area (Å²) in [6, 6.07) is 2.82. The molecule has 0 atom stereocenters. The molecule has 0 fully saturated rings. The van der Waals surface area contributed by atoms with Crippen LogP contribution in [0.4, 0.5) is 4.39 Å². The summed E-state index contributed by atoms with van der Waals surface area (Å²) in [7, 11) is 0. The number of hydrogen-bond acceptors (Lipinski definition) is 3. The fourth-order valence-electron chi connectivity index (χ4n) is 1.87. The minimum absolute atomic E-state index is 0.0208. The number of hydrogen-bond donors (Lipinski definition) is 1. The molecule has 2 rings (SSSR count). The van der Waals surface area contributed by atoms with Gasteiger partial charge in [0.05, 0.1) is 21.8 Å². The average molecular weight is 317 g/mol. The lowest BCUT2D eigenvalue weighted by atomic mass is 10.3. The van der Waals surface area contributed by atoms with Crippen molar-refractivity contribution in [2.75, 3.05) is 5.75 Å². The van der Waals surface area contributed by atoms with E-state index in [0.717, 1.165) is 24.6 Å². The Kier molecular flexibility index (Phi) is 4.88. The highest BCUT2D eigenvalue weighted by Crippen LogP contribution is 2.28. The minimum atomic E-state index is -0.909. The Morgan fingerprint density at radius 1 is 1.55 bits per heavy atom. The molecule has 0 radical (unpaired) electrons. The summed E-state index contributed by atoms with van der Waals surface area (Å²) in [5.41, 5.74) is 1.23. The molecule has 1 N–H and O–H groups in total. The standard InChI is InChI=1S/C13H14ClFN2O2S/c1-2-3-4-17-11-6-9(15)8(14)5-10(11)16-13(17)20-7-12(18)19/h5-6H,2-4,7H2,1H3,(H,18,19). The van der Waals surface area contributed by atoms with Gasteiger partial charge in [0.25, 0.3) is 0 Å². The van der Waals surface area contributed by atoms with Crippen molar-refractivity contribution in [3.05, 3.63) is 23.0 Å². The van der Waals surface area contributed by atoms with Crippen LogP contribution < -0.4 is 0 Å². The molecule has 0 bridgehead atoms. The van der Waals surface area contributed by atoms with Gasteiger partial charge in [-0.1, -0.05) is 36.7 Å². The topological polar surface area (TPSA) is 55.1 Å². The van der Waals surface area contributed by atoms with Gasteiger partial charge in [0.2, 0.25) is 0 Å². The Hall–Kier alpha value is -1.27. The van der Waals surface area contributed by atoms with Crippen molar-refractivity contribution in [2.45, 2.75) is 31.5 Å². The second-order valence-electron chi connectivity index (χ2n) is 4.34. The molecule has 108 valence electrons. The third-order valence-corrected chi connectivity index (χ3v) is 4.07. The van der Waals surface area contributed by atoms with Crippen molar-refractivity contribution in [1.82, 2.24) is 9.55 Å². The zero-order valence-electron chi connectivity index (χ0n) is 10.9. The highest BCUT2D eigenvalue weighted by Gasteiger charge is 2.14. The normalized spacial score (nSPS) is 11.2. The van der Waals surface area contributed by atoms with Crippen molar-refractivity contribution in [3.8, 4) is 0 Å². The van der Waals surface area contributed by atoms with Gasteiger partial charge in [-0.15, -0.1) is 0 Å². The number of unbranched alkanes of at least 4 members (excludes halogenated alkanes) is 1. The van der Waals surface area contributed by atoms with Crippen molar-refractivity contribution < 1.29 is 14.3 Å². The molecule has 4 nitrogen and oxygen atoms in total. The number of rotatable bonds is 6. The maximum Gasteiger partial charge on any atom is 0.313 e. The lowest BCUT2D eigenvalue weighted by molar-refractivity contribution is -0.133. The van der Waals surface area contributed by atoms with Gasteiger partial charge in [0, 0.05) is 12.6 Å². The van der Waals surface area contributed by atoms with Crippen molar-refractivity contribution in [3.63, 3.8) is 0 Å². The van der Waals surface area contributed by atoms with Crippen LogP contribution in [0.25, 0.3) is 11.0 Å². The second kappa shape index (κ2) is 6.45. The van der Waals surface area contributed by atoms with E-state index in [9.17, 15) is 9.18 Å². The van der Waals surface area contributed by atoms with Crippen LogP contribution in [0.2, 0.25) is 5.02 Å². The van der Waals surface area contributed by atoms with Gasteiger partial charge in [-0.05, 0) is 12.5 Å². The third kappa shape index (κ3) is 3.24. The average Bonchev–Trinajstić information content (AvgIpc) is 2.72. The molecule has 0 amide bonds. The fourth-order valence-corrected chi connectivity index (χ4v) is 2.79. The van der Waals surface area contributed by atoms with E-state index in [2.05, 4.69) is 11.9 Å². The second-order valence-corrected chi connectivity index (χ2v) is 5.69. The molecule has 20 heavy (non-hydrogen) atoms. The third-order valence-electron chi connectivity index (χ3n) is 2.82. The summed E-state index contributed by atoms with van der Waals surface area (Å²) in [5.74, 6) is -1.48. The van der Waals surface area contributed by atoms with Crippen LogP contribution in [-0.2, 0) is 11.3 Å². The Balaban J connectivity index is 2.45. The minimum Gasteiger partial charge on any atom is -0.481 e. The Morgan fingerprint density at radius 2 is 2.30 bits per heavy atom. The Labute approximate surface area is 124 Å². The van der Waals surface area contributed by atoms with Crippen LogP contribution in [0, 0.1) is 5.82 Å². The van der Waals surface area contributed by atoms with E-state index >= 15 is 0 Å². The first-order valence-electron chi connectivity index (χ1n) is 6.22. The van der Waals surface area contributed by atoms with E-state index in [1.807, 2.05) is 4.57 Å². The molecule has 0 aliphatic heterocycles. The van der Waals surface area contributed by atoms with E-state index in [0.29, 0.717) is 22.7 Å². The van der Waals surface area contributed by atoms with E-state index < -0.39 is 11.8 Å². The van der Waals surface area contributed by atoms with Gasteiger partial charge in [0.15, 0.2) is 5.16 Å². The Bertz CT molecular complexity index is 645. The predicted octanol–water partition coefficient (Wildman–Crippen LogP) is 3.81. The van der Waals surface area contributed by atoms with E-state index in [1.165, 1.54) is 12.1 Å². The van der Waals surface area contributed by atoms with Crippen LogP contribution in [0.3, 0.4) is 0 Å². The quantitative estimate of drug-likeness (QED) is 0.823. The number of carboxylic acid groups (broad SMARTS) is 1. The summed E-state index contributed by atoms with van der Waals surface area (Å²) >= 11 is 6.89. The maximum absolute atomic E-state index is 13.6. The number of aromatic nitrogens is 2. The first kappa shape index (κ1) is 15.1. The summed E-state index contributed by atoms with van der Waals surface area (Å²) in [6.07, 6.45) is 1.90. The number of aliphatic carboxylic acids is 1. The molecule has 0 unspecified atom stereocenters. The van der Waals surface area contributed by atoms with E-state index in [4.69, 9.17) is 16.7 Å². The van der Waals surface area contributed by atoms with Crippen molar-refractivity contribution in [1.29, 1.82) is 0 Å². The number of aryl methyl sites for hydroxylation is 1. The number of fused-ring (bicyclic) bond motifs is 1. The molecule has 0 aliphatic rings. The summed E-state index contributed by atoms with van der Waals surface area (Å²) in [4.78, 5) is 15.0. The first-order chi connectivity index (χ1) is 9.52. The molecular weight excluding hydrogens is 303 g/mol. The molecule has 7 heteroatoms. The smallest absolute Gasteiger partial charge is 0.313 e. The van der Waals surface area contributed by atoms with Crippen LogP contribution in [-0.4, -0.2) is 26.4 Å². The predicted molar refractivity (Wildman–Crippen MR) is 78.0 cm³/mol. The van der Waals surface area contributed by atoms with Crippen LogP contribution >= 0.6 is 23.4 Å². The summed E-state index contributed by atoms with van der Waals surface area (Å²) in [5, 5.41) is 9.37. The zero-order chi connectivity index (χ0) is 14.7. The fraction of sp³-hybridized carbons (Fsp3) is 0.385. The molecule has 1 heterocycles. The molecule has 2 aromatic rings. The van der Waals surface area contributed by atoms with Gasteiger partial charge >= 0.3 is 5.97 Å². The largest absolute Gasteiger partial charge is 0.481 e. The number of carbonyl (C=O) groups is 1. The lowest BCUT2D eigenvalue weighted by Crippen LogP contribution is -2.03. The Morgan fingerprint density at radius 3 is 2.95 bits per heavy atom. The maximum atomic E-state index is 13.6. The molecular formula is C13H14ClFN2O2S. The number of carboxylic acids is 1. The van der Waals surface area contributed by atoms with E-state index in [-0.39, 0.29) is 10.8 Å². The van der Waals surface area contributed by atoms with Gasteiger partial charge < -0.3 is 9.67 Å². The zero-order valence-corrected chi connectivity index (χ0v) is 12.5. The molecule has 1 aromatic heterocycles. The first-order valence-corrected chi connectivity index (χ1v) is 7.59. The number of nitrogens with zero attached hydrogens (tertiary/aromatic N) is 2. The van der Waals surface area contributed by atoms with Crippen LogP contribution in [0.15, 0.2) is 17.3 Å². The molecule has 0 saturated heterocycles. The van der Waals surface area contributed by atoms with Gasteiger partial charge in [-0.25, -0.2) is 9.37 Å². The van der Waals surface area contributed by atoms with Crippen LogP contribution in [0.1, 0.15) is 19.8 Å². The summed E-state index contributed by atoms with van der Waals surface area (Å²) in [6.45, 7) is 2.73. The van der Waals surface area contributed by atoms with Gasteiger partial charge in [0.1, 0.15) is 5.82 Å². The lowest BCUT2D eigenvalue weighted by Gasteiger charge is -2.07.